The van der Waals surface area contributed by atoms with E-state index in [0.717, 1.165) is 43.3 Å². The summed E-state index contributed by atoms with van der Waals surface area (Å²) < 4.78 is 15.3. The summed E-state index contributed by atoms with van der Waals surface area (Å²) in [5, 5.41) is 10.8. The van der Waals surface area contributed by atoms with Crippen LogP contribution in [0.3, 0.4) is 0 Å². The van der Waals surface area contributed by atoms with Gasteiger partial charge < -0.3 is 14.6 Å². The summed E-state index contributed by atoms with van der Waals surface area (Å²) in [6.45, 7) is 7.45. The number of nitrogens with one attached hydrogen (secondary N) is 2. The third-order valence-corrected chi connectivity index (χ3v) is 6.18. The number of anilines is 1. The van der Waals surface area contributed by atoms with E-state index in [1.54, 1.807) is 22.8 Å². The topological polar surface area (TPSA) is 64.1 Å². The molecule has 0 bridgehead atoms. The van der Waals surface area contributed by atoms with E-state index in [0.29, 0.717) is 12.1 Å². The number of H-pyrrole nitrogens is 1. The first-order chi connectivity index (χ1) is 15.0. The lowest BCUT2D eigenvalue weighted by Gasteiger charge is -2.34. The molecule has 6 nitrogen and oxygen atoms in total. The summed E-state index contributed by atoms with van der Waals surface area (Å²) in [4.78, 5) is 20.1. The van der Waals surface area contributed by atoms with Crippen LogP contribution in [0.5, 0.6) is 5.75 Å². The Morgan fingerprint density at radius 3 is 2.48 bits per heavy atom. The number of nitrogens with zero attached hydrogens (tertiary/aromatic N) is 2. The van der Waals surface area contributed by atoms with Crippen molar-refractivity contribution < 1.29 is 19.4 Å². The van der Waals surface area contributed by atoms with Crippen LogP contribution >= 0.6 is 0 Å². The van der Waals surface area contributed by atoms with Crippen LogP contribution in [0.1, 0.15) is 29.8 Å². The van der Waals surface area contributed by atoms with Crippen LogP contribution in [-0.2, 0) is 6.54 Å². The molecular formula is C24H29FN4O2+2. The number of halogens is 1. The van der Waals surface area contributed by atoms with Crippen LogP contribution in [0.25, 0.3) is 0 Å². The highest BCUT2D eigenvalue weighted by Crippen LogP contribution is 2.26. The molecule has 1 aliphatic rings. The highest BCUT2D eigenvalue weighted by molar-refractivity contribution is 5.40. The number of quaternary nitrogens is 1. The van der Waals surface area contributed by atoms with Gasteiger partial charge in [-0.15, -0.1) is 0 Å². The monoisotopic (exact) mass is 424 g/mol. The first-order valence-corrected chi connectivity index (χ1v) is 10.7. The molecule has 3 N–H and O–H groups in total. The van der Waals surface area contributed by atoms with Crippen molar-refractivity contribution in [3.63, 3.8) is 0 Å². The zero-order valence-corrected chi connectivity index (χ0v) is 17.9. The quantitative estimate of drug-likeness (QED) is 0.650. The smallest absolute Gasteiger partial charge is 0.274 e. The Bertz CT molecular complexity index is 1090. The fraction of sp³-hybridized carbons (Fsp3) is 0.333. The molecule has 1 aromatic carbocycles. The van der Waals surface area contributed by atoms with Crippen LogP contribution in [0, 0.1) is 12.7 Å². The summed E-state index contributed by atoms with van der Waals surface area (Å²) in [5.41, 5.74) is 1.76. The van der Waals surface area contributed by atoms with Gasteiger partial charge >= 0.3 is 0 Å². The SMILES string of the molecule is CCn1c(C)cc(O)c([C@@H](c2ccc(F)cc2)[NH+]2CCN(c3cccc[nH+]3)CC2)c1=O. The summed E-state index contributed by atoms with van der Waals surface area (Å²) in [7, 11) is 0. The molecule has 0 unspecified atom stereocenters. The summed E-state index contributed by atoms with van der Waals surface area (Å²) >= 11 is 0. The number of piperazine rings is 1. The maximum atomic E-state index is 13.6. The van der Waals surface area contributed by atoms with Crippen LogP contribution in [0.2, 0.25) is 0 Å². The highest BCUT2D eigenvalue weighted by atomic mass is 19.1. The van der Waals surface area contributed by atoms with Gasteiger partial charge in [-0.2, -0.15) is 0 Å². The Kier molecular flexibility index (Phi) is 6.04. The molecular weight excluding hydrogens is 395 g/mol. The molecule has 0 spiro atoms. The number of aromatic amines is 1. The molecule has 2 aromatic heterocycles. The molecule has 1 atom stereocenters. The molecule has 0 amide bonds. The maximum absolute atomic E-state index is 13.6. The molecule has 7 heteroatoms. The standard InChI is InChI=1S/C24H27FN4O2/c1-3-29-17(2)16-20(30)22(24(29)31)23(18-7-9-19(25)10-8-18)28-14-12-27(13-15-28)21-6-4-5-11-26-21/h4-11,16,23,30H,3,12-15H2,1-2H3/p+2/t23-/m1/s1. The number of benzene rings is 1. The minimum atomic E-state index is -0.367. The Morgan fingerprint density at radius 2 is 1.87 bits per heavy atom. The van der Waals surface area contributed by atoms with E-state index in [-0.39, 0.29) is 23.2 Å². The Hall–Kier alpha value is -3.19. The fourth-order valence-corrected chi connectivity index (χ4v) is 4.60. The largest absolute Gasteiger partial charge is 0.507 e. The molecule has 0 saturated carbocycles. The first-order valence-electron chi connectivity index (χ1n) is 10.7. The maximum Gasteiger partial charge on any atom is 0.274 e. The van der Waals surface area contributed by atoms with E-state index in [2.05, 4.69) is 9.88 Å². The van der Waals surface area contributed by atoms with E-state index in [1.165, 1.54) is 17.0 Å². The van der Waals surface area contributed by atoms with Gasteiger partial charge in [0.05, 0.1) is 6.20 Å². The first kappa shape index (κ1) is 21.1. The average molecular weight is 425 g/mol. The molecule has 3 aromatic rings. The normalized spacial score (nSPS) is 15.8. The minimum Gasteiger partial charge on any atom is -0.507 e. The van der Waals surface area contributed by atoms with Gasteiger partial charge in [0, 0.05) is 23.9 Å². The van der Waals surface area contributed by atoms with Crippen molar-refractivity contribution in [1.29, 1.82) is 0 Å². The second-order valence-electron chi connectivity index (χ2n) is 8.01. The van der Waals surface area contributed by atoms with Crippen LogP contribution in [0.15, 0.2) is 59.5 Å². The molecule has 3 heterocycles. The van der Waals surface area contributed by atoms with E-state index in [1.807, 2.05) is 38.2 Å². The third-order valence-electron chi connectivity index (χ3n) is 6.18. The predicted octanol–water partition coefficient (Wildman–Crippen LogP) is 1.33. The average Bonchev–Trinajstić information content (AvgIpc) is 2.78. The lowest BCUT2D eigenvalue weighted by Crippen LogP contribution is -3.15. The Morgan fingerprint density at radius 1 is 1.16 bits per heavy atom. The van der Waals surface area contributed by atoms with Gasteiger partial charge in [-0.05, 0) is 50.2 Å². The van der Waals surface area contributed by atoms with Crippen LogP contribution in [-0.4, -0.2) is 35.9 Å². The minimum absolute atomic E-state index is 0.00727. The second kappa shape index (κ2) is 8.89. The van der Waals surface area contributed by atoms with Crippen molar-refractivity contribution in [2.24, 2.45) is 0 Å². The number of aromatic nitrogens is 2. The molecule has 1 aliphatic heterocycles. The molecule has 4 rings (SSSR count). The van der Waals surface area contributed by atoms with Gasteiger partial charge in [-0.1, -0.05) is 6.07 Å². The second-order valence-corrected chi connectivity index (χ2v) is 8.01. The number of rotatable bonds is 5. The van der Waals surface area contributed by atoms with Gasteiger partial charge in [-0.3, -0.25) is 9.69 Å². The molecule has 31 heavy (non-hydrogen) atoms. The van der Waals surface area contributed by atoms with Gasteiger partial charge in [0.2, 0.25) is 0 Å². The Labute approximate surface area is 181 Å². The van der Waals surface area contributed by atoms with E-state index in [4.69, 9.17) is 0 Å². The lowest BCUT2D eigenvalue weighted by molar-refractivity contribution is -0.926. The zero-order chi connectivity index (χ0) is 22.0. The highest BCUT2D eigenvalue weighted by Gasteiger charge is 2.36. The fourth-order valence-electron chi connectivity index (χ4n) is 4.60. The number of aromatic hydroxyl groups is 1. The predicted molar refractivity (Wildman–Crippen MR) is 117 cm³/mol. The van der Waals surface area contributed by atoms with Gasteiger partial charge in [0.15, 0.2) is 0 Å². The van der Waals surface area contributed by atoms with Gasteiger partial charge in [0.25, 0.3) is 11.4 Å². The van der Waals surface area contributed by atoms with E-state index >= 15 is 0 Å². The van der Waals surface area contributed by atoms with Crippen molar-refractivity contribution >= 4 is 5.82 Å². The van der Waals surface area contributed by atoms with Crippen LogP contribution < -0.4 is 20.3 Å². The number of aryl methyl sites for hydroxylation is 1. The summed E-state index contributed by atoms with van der Waals surface area (Å²) in [6.07, 6.45) is 1.91. The summed E-state index contributed by atoms with van der Waals surface area (Å²) in [6, 6.07) is 13.6. The number of hydrogen-bond acceptors (Lipinski definition) is 3. The summed E-state index contributed by atoms with van der Waals surface area (Å²) in [5.74, 6) is 0.750. The van der Waals surface area contributed by atoms with Crippen molar-refractivity contribution in [2.75, 3.05) is 31.1 Å². The molecule has 1 saturated heterocycles. The van der Waals surface area contributed by atoms with Gasteiger partial charge in [0.1, 0.15) is 49.4 Å². The molecule has 162 valence electrons. The Balaban J connectivity index is 1.72. The lowest BCUT2D eigenvalue weighted by atomic mass is 9.96. The van der Waals surface area contributed by atoms with Crippen molar-refractivity contribution in [2.45, 2.75) is 26.4 Å². The van der Waals surface area contributed by atoms with Crippen LogP contribution in [0.4, 0.5) is 10.2 Å². The number of hydrogen-bond donors (Lipinski definition) is 2. The molecule has 1 fully saturated rings. The zero-order valence-electron chi connectivity index (χ0n) is 17.9. The van der Waals surface area contributed by atoms with Crippen molar-refractivity contribution in [3.8, 4) is 5.75 Å². The van der Waals surface area contributed by atoms with E-state index < -0.39 is 0 Å². The van der Waals surface area contributed by atoms with Crippen molar-refractivity contribution in [3.05, 3.63) is 87.7 Å². The number of pyridine rings is 2. The van der Waals surface area contributed by atoms with Gasteiger partial charge in [-0.25, -0.2) is 9.37 Å². The third kappa shape index (κ3) is 4.18. The molecule has 0 radical (unpaired) electrons. The van der Waals surface area contributed by atoms with Crippen molar-refractivity contribution in [1.82, 2.24) is 4.57 Å². The van der Waals surface area contributed by atoms with E-state index in [9.17, 15) is 14.3 Å². The molecule has 0 aliphatic carbocycles.